The Labute approximate surface area is 145 Å². The van der Waals surface area contributed by atoms with Crippen molar-refractivity contribution in [2.75, 3.05) is 32.7 Å². The number of hydrogen-bond donors (Lipinski definition) is 1. The number of β-amino-alcohol motifs (C(OH)–C–C–N with tert-alkyl or cyclic N) is 1. The SMILES string of the molecule is O=C(CCc1cccs1)N1CC[C@](O)(CN2CCC(F)(F)CC2)C1. The van der Waals surface area contributed by atoms with E-state index in [0.29, 0.717) is 45.6 Å². The summed E-state index contributed by atoms with van der Waals surface area (Å²) in [6.45, 7) is 1.84. The minimum atomic E-state index is -2.57. The molecular formula is C17H24F2N2O2S. The van der Waals surface area contributed by atoms with E-state index in [0.717, 1.165) is 6.42 Å². The number of aryl methyl sites for hydroxylation is 1. The number of likely N-dealkylation sites (tertiary alicyclic amines) is 2. The van der Waals surface area contributed by atoms with Crippen molar-refractivity contribution in [3.63, 3.8) is 0 Å². The highest BCUT2D eigenvalue weighted by Gasteiger charge is 2.41. The molecule has 0 radical (unpaired) electrons. The fraction of sp³-hybridized carbons (Fsp3) is 0.706. The van der Waals surface area contributed by atoms with Crippen molar-refractivity contribution in [1.82, 2.24) is 9.80 Å². The van der Waals surface area contributed by atoms with Gasteiger partial charge in [0.2, 0.25) is 5.91 Å². The first-order valence-electron chi connectivity index (χ1n) is 8.48. The van der Waals surface area contributed by atoms with Crippen LogP contribution in [0.1, 0.15) is 30.6 Å². The van der Waals surface area contributed by atoms with Gasteiger partial charge in [0, 0.05) is 50.3 Å². The number of rotatable bonds is 5. The second-order valence-electron chi connectivity index (χ2n) is 7.00. The zero-order valence-corrected chi connectivity index (χ0v) is 14.5. The van der Waals surface area contributed by atoms with E-state index in [1.807, 2.05) is 22.4 Å². The normalized spacial score (nSPS) is 27.5. The molecular weight excluding hydrogens is 334 g/mol. The Balaban J connectivity index is 1.46. The summed E-state index contributed by atoms with van der Waals surface area (Å²) in [4.78, 5) is 17.1. The molecule has 0 aromatic carbocycles. The number of nitrogens with zero attached hydrogens (tertiary/aromatic N) is 2. The fourth-order valence-corrected chi connectivity index (χ4v) is 4.20. The molecule has 3 rings (SSSR count). The lowest BCUT2D eigenvalue weighted by atomic mass is 10.00. The van der Waals surface area contributed by atoms with Gasteiger partial charge >= 0.3 is 0 Å². The third-order valence-electron chi connectivity index (χ3n) is 4.96. The third-order valence-corrected chi connectivity index (χ3v) is 5.89. The monoisotopic (exact) mass is 358 g/mol. The minimum Gasteiger partial charge on any atom is -0.387 e. The Morgan fingerprint density at radius 3 is 2.67 bits per heavy atom. The van der Waals surface area contributed by atoms with Crippen LogP contribution in [0.3, 0.4) is 0 Å². The number of thiophene rings is 1. The molecule has 0 unspecified atom stereocenters. The van der Waals surface area contributed by atoms with E-state index in [1.54, 1.807) is 16.2 Å². The summed E-state index contributed by atoms with van der Waals surface area (Å²) in [7, 11) is 0. The van der Waals surface area contributed by atoms with Crippen molar-refractivity contribution in [2.45, 2.75) is 43.6 Å². The van der Waals surface area contributed by atoms with Crippen LogP contribution in [0.4, 0.5) is 8.78 Å². The van der Waals surface area contributed by atoms with Crippen molar-refractivity contribution in [2.24, 2.45) is 0 Å². The molecule has 3 heterocycles. The summed E-state index contributed by atoms with van der Waals surface area (Å²) < 4.78 is 26.4. The van der Waals surface area contributed by atoms with Gasteiger partial charge in [0.25, 0.3) is 5.92 Å². The second-order valence-corrected chi connectivity index (χ2v) is 8.03. The molecule has 4 nitrogen and oxygen atoms in total. The molecule has 1 amide bonds. The van der Waals surface area contributed by atoms with Crippen molar-refractivity contribution >= 4 is 17.2 Å². The standard InChI is InChI=1S/C17H24F2N2O2S/c18-17(19)6-8-20(9-7-17)12-16(23)5-10-21(13-16)15(22)4-3-14-2-1-11-24-14/h1-2,11,23H,3-10,12-13H2/t16-/m0/s1. The predicted molar refractivity (Wildman–Crippen MR) is 89.4 cm³/mol. The van der Waals surface area contributed by atoms with Gasteiger partial charge in [-0.3, -0.25) is 9.69 Å². The van der Waals surface area contributed by atoms with Gasteiger partial charge in [-0.15, -0.1) is 11.3 Å². The summed E-state index contributed by atoms with van der Waals surface area (Å²) in [5, 5.41) is 12.7. The summed E-state index contributed by atoms with van der Waals surface area (Å²) >= 11 is 1.64. The lowest BCUT2D eigenvalue weighted by Gasteiger charge is -2.36. The maximum atomic E-state index is 13.2. The number of halogens is 2. The topological polar surface area (TPSA) is 43.8 Å². The van der Waals surface area contributed by atoms with E-state index in [9.17, 15) is 18.7 Å². The molecule has 1 N–H and O–H groups in total. The van der Waals surface area contributed by atoms with Crippen molar-refractivity contribution in [1.29, 1.82) is 0 Å². The maximum absolute atomic E-state index is 13.2. The molecule has 24 heavy (non-hydrogen) atoms. The van der Waals surface area contributed by atoms with Crippen LogP contribution in [0.2, 0.25) is 0 Å². The third kappa shape index (κ3) is 4.52. The van der Waals surface area contributed by atoms with Crippen molar-refractivity contribution in [3.8, 4) is 0 Å². The quantitative estimate of drug-likeness (QED) is 0.879. The number of piperidine rings is 1. The summed E-state index contributed by atoms with van der Waals surface area (Å²) in [5.74, 6) is -2.51. The molecule has 1 aromatic rings. The number of carbonyl (C=O) groups is 1. The Hall–Kier alpha value is -1.05. The van der Waals surface area contributed by atoms with Crippen LogP contribution in [0.5, 0.6) is 0 Å². The largest absolute Gasteiger partial charge is 0.387 e. The van der Waals surface area contributed by atoms with Gasteiger partial charge in [0.15, 0.2) is 0 Å². The van der Waals surface area contributed by atoms with Gasteiger partial charge in [0.05, 0.1) is 12.1 Å². The molecule has 0 aliphatic carbocycles. The number of hydrogen-bond acceptors (Lipinski definition) is 4. The van der Waals surface area contributed by atoms with Gasteiger partial charge in [0.1, 0.15) is 0 Å². The Morgan fingerprint density at radius 1 is 1.25 bits per heavy atom. The zero-order chi connectivity index (χ0) is 17.2. The van der Waals surface area contributed by atoms with Crippen LogP contribution >= 0.6 is 11.3 Å². The molecule has 1 atom stereocenters. The van der Waals surface area contributed by atoms with Crippen LogP contribution in [-0.2, 0) is 11.2 Å². The van der Waals surface area contributed by atoms with Gasteiger partial charge < -0.3 is 10.0 Å². The number of alkyl halides is 2. The van der Waals surface area contributed by atoms with Gasteiger partial charge in [-0.1, -0.05) is 6.07 Å². The highest BCUT2D eigenvalue weighted by Crippen LogP contribution is 2.30. The Kier molecular flexibility index (Phi) is 5.22. The number of aliphatic hydroxyl groups is 1. The Morgan fingerprint density at radius 2 is 2.00 bits per heavy atom. The van der Waals surface area contributed by atoms with Crippen LogP contribution in [0, 0.1) is 0 Å². The lowest BCUT2D eigenvalue weighted by molar-refractivity contribution is -0.131. The fourth-order valence-electron chi connectivity index (χ4n) is 3.50. The molecule has 0 spiro atoms. The second kappa shape index (κ2) is 7.06. The maximum Gasteiger partial charge on any atom is 0.250 e. The van der Waals surface area contributed by atoms with Crippen molar-refractivity contribution < 1.29 is 18.7 Å². The molecule has 7 heteroatoms. The molecule has 134 valence electrons. The predicted octanol–water partition coefficient (Wildman–Crippen LogP) is 2.38. The van der Waals surface area contributed by atoms with E-state index in [2.05, 4.69) is 0 Å². The molecule has 0 saturated carbocycles. The smallest absolute Gasteiger partial charge is 0.250 e. The van der Waals surface area contributed by atoms with Crippen molar-refractivity contribution in [3.05, 3.63) is 22.4 Å². The summed E-state index contributed by atoms with van der Waals surface area (Å²) in [6.07, 6.45) is 1.41. The molecule has 1 aromatic heterocycles. The van der Waals surface area contributed by atoms with Crippen LogP contribution < -0.4 is 0 Å². The Bertz CT molecular complexity index is 557. The lowest BCUT2D eigenvalue weighted by Crippen LogP contribution is -2.49. The molecule has 2 aliphatic heterocycles. The first-order chi connectivity index (χ1) is 11.4. The molecule has 0 bridgehead atoms. The van der Waals surface area contributed by atoms with Crippen LogP contribution in [0.15, 0.2) is 17.5 Å². The van der Waals surface area contributed by atoms with E-state index in [-0.39, 0.29) is 18.7 Å². The highest BCUT2D eigenvalue weighted by molar-refractivity contribution is 7.09. The van der Waals surface area contributed by atoms with Crippen LogP contribution in [-0.4, -0.2) is 65.1 Å². The van der Waals surface area contributed by atoms with Crippen LogP contribution in [0.25, 0.3) is 0 Å². The first-order valence-corrected chi connectivity index (χ1v) is 9.36. The van der Waals surface area contributed by atoms with E-state index in [1.165, 1.54) is 4.88 Å². The molecule has 2 saturated heterocycles. The van der Waals surface area contributed by atoms with Gasteiger partial charge in [-0.25, -0.2) is 8.78 Å². The zero-order valence-electron chi connectivity index (χ0n) is 13.7. The molecule has 2 fully saturated rings. The van der Waals surface area contributed by atoms with E-state index in [4.69, 9.17) is 0 Å². The average Bonchev–Trinajstić information content (AvgIpc) is 3.17. The first kappa shape index (κ1) is 17.8. The summed E-state index contributed by atoms with van der Waals surface area (Å²) in [5.41, 5.74) is -0.967. The average molecular weight is 358 g/mol. The van der Waals surface area contributed by atoms with E-state index < -0.39 is 11.5 Å². The summed E-state index contributed by atoms with van der Waals surface area (Å²) in [6, 6.07) is 3.99. The van der Waals surface area contributed by atoms with E-state index >= 15 is 0 Å². The molecule has 2 aliphatic rings. The number of carbonyl (C=O) groups excluding carboxylic acids is 1. The van der Waals surface area contributed by atoms with Gasteiger partial charge in [-0.2, -0.15) is 0 Å². The number of amides is 1. The highest BCUT2D eigenvalue weighted by atomic mass is 32.1. The van der Waals surface area contributed by atoms with Gasteiger partial charge in [-0.05, 0) is 24.3 Å². The minimum absolute atomic E-state index is 0.0597.